The van der Waals surface area contributed by atoms with Gasteiger partial charge in [0.2, 0.25) is 5.88 Å². The van der Waals surface area contributed by atoms with Gasteiger partial charge in [0.15, 0.2) is 6.10 Å². The average Bonchev–Trinajstić information content (AvgIpc) is 2.99. The normalized spacial score (nSPS) is 16.0. The van der Waals surface area contributed by atoms with Crippen molar-refractivity contribution in [2.75, 3.05) is 6.61 Å². The molecule has 0 bridgehead atoms. The number of aromatic nitrogens is 1. The summed E-state index contributed by atoms with van der Waals surface area (Å²) in [5.74, 6) is 0.215. The van der Waals surface area contributed by atoms with Crippen molar-refractivity contribution < 1.29 is 32.2 Å². The van der Waals surface area contributed by atoms with E-state index in [-0.39, 0.29) is 17.5 Å². The molecule has 1 aromatic heterocycles. The number of hydrogen-bond donors (Lipinski definition) is 0. The first-order valence-corrected chi connectivity index (χ1v) is 8.02. The van der Waals surface area contributed by atoms with Gasteiger partial charge in [-0.25, -0.2) is 9.78 Å². The molecule has 5 nitrogen and oxygen atoms in total. The van der Waals surface area contributed by atoms with Gasteiger partial charge in [-0.2, -0.15) is 13.2 Å². The fourth-order valence-electron chi connectivity index (χ4n) is 2.42. The molecule has 26 heavy (non-hydrogen) atoms. The highest BCUT2D eigenvalue weighted by Gasteiger charge is 2.32. The third-order valence-corrected chi connectivity index (χ3v) is 3.88. The maximum absolute atomic E-state index is 12.6. The lowest BCUT2D eigenvalue weighted by molar-refractivity contribution is -0.150. The van der Waals surface area contributed by atoms with Gasteiger partial charge in [0.05, 0.1) is 12.2 Å². The molecule has 1 aliphatic heterocycles. The van der Waals surface area contributed by atoms with E-state index < -0.39 is 23.8 Å². The number of halogens is 4. The van der Waals surface area contributed by atoms with E-state index in [9.17, 15) is 18.0 Å². The van der Waals surface area contributed by atoms with E-state index in [2.05, 4.69) is 4.98 Å². The molecule has 0 spiro atoms. The number of fused-ring (bicyclic) bond motifs is 1. The first kappa shape index (κ1) is 18.3. The number of benzene rings is 1. The van der Waals surface area contributed by atoms with Crippen molar-refractivity contribution in [2.24, 2.45) is 0 Å². The number of hydrogen-bond acceptors (Lipinski definition) is 5. The standard InChI is InChI=1S/C17H13ClF3NO4/c1-2-24-16(23)14-6-9-5-11(3-4-13(9)26-14)25-15-12(18)7-10(8-22-15)17(19,20)21/h3-5,7-8,14H,2,6H2,1H3/t14-/m0/s1. The van der Waals surface area contributed by atoms with Gasteiger partial charge < -0.3 is 14.2 Å². The monoisotopic (exact) mass is 387 g/mol. The summed E-state index contributed by atoms with van der Waals surface area (Å²) < 4.78 is 53.8. The zero-order chi connectivity index (χ0) is 18.9. The minimum atomic E-state index is -4.54. The molecule has 3 rings (SSSR count). The Morgan fingerprint density at radius 2 is 2.15 bits per heavy atom. The first-order chi connectivity index (χ1) is 12.3. The van der Waals surface area contributed by atoms with E-state index in [1.165, 1.54) is 0 Å². The Kier molecular flexibility index (Phi) is 4.95. The Labute approximate surface area is 151 Å². The number of nitrogens with zero attached hydrogens (tertiary/aromatic N) is 1. The van der Waals surface area contributed by atoms with E-state index in [0.29, 0.717) is 29.7 Å². The number of esters is 1. The van der Waals surface area contributed by atoms with Gasteiger partial charge in [-0.05, 0) is 31.2 Å². The summed E-state index contributed by atoms with van der Waals surface area (Å²) in [5, 5.41) is -0.263. The van der Waals surface area contributed by atoms with Crippen molar-refractivity contribution in [3.63, 3.8) is 0 Å². The molecule has 0 saturated heterocycles. The van der Waals surface area contributed by atoms with E-state index in [1.807, 2.05) is 0 Å². The Hall–Kier alpha value is -2.48. The highest BCUT2D eigenvalue weighted by atomic mass is 35.5. The maximum Gasteiger partial charge on any atom is 0.417 e. The SMILES string of the molecule is CCOC(=O)[C@@H]1Cc2cc(Oc3ncc(C(F)(F)F)cc3Cl)ccc2O1. The summed E-state index contributed by atoms with van der Waals surface area (Å²) >= 11 is 5.83. The molecule has 0 radical (unpaired) electrons. The highest BCUT2D eigenvalue weighted by Crippen LogP contribution is 2.37. The maximum atomic E-state index is 12.6. The second-order valence-corrected chi connectivity index (χ2v) is 5.85. The molecular formula is C17H13ClF3NO4. The summed E-state index contributed by atoms with van der Waals surface area (Å²) in [4.78, 5) is 15.4. The molecule has 9 heteroatoms. The van der Waals surface area contributed by atoms with E-state index in [1.54, 1.807) is 25.1 Å². The molecule has 138 valence electrons. The highest BCUT2D eigenvalue weighted by molar-refractivity contribution is 6.31. The van der Waals surface area contributed by atoms with Crippen LogP contribution in [0.15, 0.2) is 30.5 Å². The number of ether oxygens (including phenoxy) is 3. The number of carbonyl (C=O) groups excluding carboxylic acids is 1. The zero-order valence-electron chi connectivity index (χ0n) is 13.5. The van der Waals surface area contributed by atoms with Gasteiger partial charge in [0.25, 0.3) is 0 Å². The smallest absolute Gasteiger partial charge is 0.417 e. The van der Waals surface area contributed by atoms with Crippen LogP contribution in [0.1, 0.15) is 18.1 Å². The molecule has 0 unspecified atom stereocenters. The van der Waals surface area contributed by atoms with Crippen molar-refractivity contribution in [1.29, 1.82) is 0 Å². The van der Waals surface area contributed by atoms with Gasteiger partial charge in [-0.1, -0.05) is 11.6 Å². The lowest BCUT2D eigenvalue weighted by Gasteiger charge is -2.10. The molecule has 2 aromatic rings. The van der Waals surface area contributed by atoms with Crippen LogP contribution in [0.2, 0.25) is 5.02 Å². The third-order valence-electron chi connectivity index (χ3n) is 3.61. The van der Waals surface area contributed by atoms with Crippen LogP contribution in [0.3, 0.4) is 0 Å². The number of pyridine rings is 1. The molecule has 0 fully saturated rings. The van der Waals surface area contributed by atoms with Crippen molar-refractivity contribution in [2.45, 2.75) is 25.6 Å². The Bertz CT molecular complexity index is 841. The average molecular weight is 388 g/mol. The molecule has 0 N–H and O–H groups in total. The topological polar surface area (TPSA) is 57.7 Å². The predicted octanol–water partition coefficient (Wildman–Crippen LogP) is 4.41. The Morgan fingerprint density at radius 1 is 1.38 bits per heavy atom. The second kappa shape index (κ2) is 7.03. The van der Waals surface area contributed by atoms with Crippen molar-refractivity contribution in [3.8, 4) is 17.4 Å². The fourth-order valence-corrected chi connectivity index (χ4v) is 2.63. The van der Waals surface area contributed by atoms with Gasteiger partial charge in [0, 0.05) is 18.2 Å². The quantitative estimate of drug-likeness (QED) is 0.727. The summed E-state index contributed by atoms with van der Waals surface area (Å²) in [7, 11) is 0. The Balaban J connectivity index is 1.76. The largest absolute Gasteiger partial charge is 0.478 e. The molecule has 0 saturated carbocycles. The molecule has 2 heterocycles. The predicted molar refractivity (Wildman–Crippen MR) is 85.5 cm³/mol. The molecule has 0 amide bonds. The van der Waals surface area contributed by atoms with Crippen LogP contribution in [-0.4, -0.2) is 23.7 Å². The minimum absolute atomic E-state index is 0.152. The second-order valence-electron chi connectivity index (χ2n) is 5.44. The molecule has 1 aromatic carbocycles. The van der Waals surface area contributed by atoms with Crippen molar-refractivity contribution in [1.82, 2.24) is 4.98 Å². The summed E-state index contributed by atoms with van der Waals surface area (Å²) in [5.41, 5.74) is -0.252. The molecular weight excluding hydrogens is 375 g/mol. The summed E-state index contributed by atoms with van der Waals surface area (Å²) in [6, 6.07) is 5.51. The van der Waals surface area contributed by atoms with Crippen LogP contribution in [0.5, 0.6) is 17.4 Å². The van der Waals surface area contributed by atoms with Crippen molar-refractivity contribution in [3.05, 3.63) is 46.6 Å². The third kappa shape index (κ3) is 3.85. The zero-order valence-corrected chi connectivity index (χ0v) is 14.2. The van der Waals surface area contributed by atoms with Crippen LogP contribution >= 0.6 is 11.6 Å². The van der Waals surface area contributed by atoms with Gasteiger partial charge in [-0.3, -0.25) is 0 Å². The van der Waals surface area contributed by atoms with E-state index in [4.69, 9.17) is 25.8 Å². The molecule has 1 atom stereocenters. The number of alkyl halides is 3. The van der Waals surface area contributed by atoms with E-state index >= 15 is 0 Å². The Morgan fingerprint density at radius 3 is 2.81 bits per heavy atom. The molecule has 0 aliphatic carbocycles. The van der Waals surface area contributed by atoms with Gasteiger partial charge >= 0.3 is 12.1 Å². The summed E-state index contributed by atoms with van der Waals surface area (Å²) in [6.45, 7) is 1.95. The van der Waals surface area contributed by atoms with Crippen LogP contribution in [-0.2, 0) is 22.1 Å². The lowest BCUT2D eigenvalue weighted by Crippen LogP contribution is -2.27. The fraction of sp³-hybridized carbons (Fsp3) is 0.294. The number of carbonyl (C=O) groups is 1. The van der Waals surface area contributed by atoms with Crippen LogP contribution in [0.4, 0.5) is 13.2 Å². The number of rotatable bonds is 4. The first-order valence-electron chi connectivity index (χ1n) is 7.64. The minimum Gasteiger partial charge on any atom is -0.478 e. The van der Waals surface area contributed by atoms with Gasteiger partial charge in [-0.15, -0.1) is 0 Å². The van der Waals surface area contributed by atoms with Gasteiger partial charge in [0.1, 0.15) is 16.5 Å². The van der Waals surface area contributed by atoms with Crippen LogP contribution in [0.25, 0.3) is 0 Å². The molecule has 1 aliphatic rings. The van der Waals surface area contributed by atoms with E-state index in [0.717, 1.165) is 6.07 Å². The van der Waals surface area contributed by atoms with Crippen LogP contribution in [0, 0.1) is 0 Å². The van der Waals surface area contributed by atoms with Crippen molar-refractivity contribution >= 4 is 17.6 Å². The summed E-state index contributed by atoms with van der Waals surface area (Å²) in [6.07, 6.45) is -4.32. The lowest BCUT2D eigenvalue weighted by atomic mass is 10.1. The van der Waals surface area contributed by atoms with Crippen LogP contribution < -0.4 is 9.47 Å².